The summed E-state index contributed by atoms with van der Waals surface area (Å²) in [6, 6.07) is 9.36. The molecular weight excluding hydrogens is 236 g/mol. The topological polar surface area (TPSA) is 77.8 Å². The van der Waals surface area contributed by atoms with Gasteiger partial charge in [-0.2, -0.15) is 0 Å². The second-order valence-electron chi connectivity index (χ2n) is 3.30. The second-order valence-corrected chi connectivity index (χ2v) is 4.27. The lowest BCUT2D eigenvalue weighted by Gasteiger charge is -1.95. The lowest BCUT2D eigenvalue weighted by Crippen LogP contribution is -1.93. The molecule has 0 saturated heterocycles. The second kappa shape index (κ2) is 4.06. The monoisotopic (exact) mass is 244 g/mol. The highest BCUT2D eigenvalue weighted by molar-refractivity contribution is 7.99. The highest BCUT2D eigenvalue weighted by Crippen LogP contribution is 2.28. The first kappa shape index (κ1) is 10.1. The van der Waals surface area contributed by atoms with Crippen LogP contribution >= 0.6 is 11.8 Å². The Morgan fingerprint density at radius 1 is 1.12 bits per heavy atom. The van der Waals surface area contributed by atoms with E-state index in [1.54, 1.807) is 12.3 Å². The van der Waals surface area contributed by atoms with E-state index in [0.29, 0.717) is 10.2 Å². The maximum Gasteiger partial charge on any atom is 0.263 e. The minimum atomic E-state index is 0.242. The van der Waals surface area contributed by atoms with Crippen molar-refractivity contribution in [2.75, 3.05) is 5.73 Å². The molecule has 0 bridgehead atoms. The molecule has 0 radical (unpaired) electrons. The summed E-state index contributed by atoms with van der Waals surface area (Å²) >= 11 is 1.32. The Labute approximate surface area is 101 Å². The number of para-hydroxylation sites is 2. The van der Waals surface area contributed by atoms with Crippen molar-refractivity contribution in [2.24, 2.45) is 0 Å². The fourth-order valence-electron chi connectivity index (χ4n) is 1.40. The van der Waals surface area contributed by atoms with Gasteiger partial charge in [0.15, 0.2) is 5.58 Å². The number of benzene rings is 1. The van der Waals surface area contributed by atoms with Crippen molar-refractivity contribution in [1.82, 2.24) is 15.0 Å². The maximum atomic E-state index is 5.56. The van der Waals surface area contributed by atoms with Crippen molar-refractivity contribution in [3.05, 3.63) is 36.5 Å². The summed E-state index contributed by atoms with van der Waals surface area (Å²) in [6.45, 7) is 0. The van der Waals surface area contributed by atoms with E-state index in [4.69, 9.17) is 10.2 Å². The van der Waals surface area contributed by atoms with Gasteiger partial charge in [0.2, 0.25) is 5.95 Å². The first-order chi connectivity index (χ1) is 8.31. The third-order valence-electron chi connectivity index (χ3n) is 2.11. The summed E-state index contributed by atoms with van der Waals surface area (Å²) in [5, 5.41) is 1.26. The van der Waals surface area contributed by atoms with Gasteiger partial charge in [0, 0.05) is 6.20 Å². The Kier molecular flexibility index (Phi) is 2.41. The molecule has 2 N–H and O–H groups in total. The van der Waals surface area contributed by atoms with Crippen LogP contribution in [-0.2, 0) is 0 Å². The molecule has 0 atom stereocenters. The molecule has 5 nitrogen and oxygen atoms in total. The van der Waals surface area contributed by atoms with E-state index in [1.807, 2.05) is 24.3 Å². The minimum absolute atomic E-state index is 0.242. The summed E-state index contributed by atoms with van der Waals surface area (Å²) in [5.41, 5.74) is 7.09. The van der Waals surface area contributed by atoms with E-state index in [0.717, 1.165) is 11.1 Å². The fourth-order valence-corrected chi connectivity index (χ4v) is 2.12. The number of rotatable bonds is 2. The summed E-state index contributed by atoms with van der Waals surface area (Å²) < 4.78 is 5.56. The van der Waals surface area contributed by atoms with Crippen molar-refractivity contribution in [3.63, 3.8) is 0 Å². The van der Waals surface area contributed by atoms with Crippen LogP contribution in [0.2, 0.25) is 0 Å². The smallest absolute Gasteiger partial charge is 0.263 e. The first-order valence-electron chi connectivity index (χ1n) is 4.93. The molecule has 0 unspecified atom stereocenters. The predicted molar refractivity (Wildman–Crippen MR) is 64.6 cm³/mol. The average Bonchev–Trinajstić information content (AvgIpc) is 2.71. The molecule has 0 amide bonds. The van der Waals surface area contributed by atoms with Gasteiger partial charge in [-0.3, -0.25) is 0 Å². The van der Waals surface area contributed by atoms with Crippen LogP contribution in [0.25, 0.3) is 11.1 Å². The Balaban J connectivity index is 1.94. The van der Waals surface area contributed by atoms with Crippen LogP contribution < -0.4 is 5.73 Å². The highest BCUT2D eigenvalue weighted by Gasteiger charge is 2.07. The molecular formula is C11H8N4OS. The molecule has 0 spiro atoms. The number of anilines is 1. The summed E-state index contributed by atoms with van der Waals surface area (Å²) in [4.78, 5) is 12.2. The molecule has 0 aliphatic carbocycles. The zero-order chi connectivity index (χ0) is 11.7. The van der Waals surface area contributed by atoms with Gasteiger partial charge in [-0.25, -0.2) is 15.0 Å². The molecule has 6 heteroatoms. The summed E-state index contributed by atoms with van der Waals surface area (Å²) in [7, 11) is 0. The quantitative estimate of drug-likeness (QED) is 0.697. The van der Waals surface area contributed by atoms with Crippen LogP contribution in [0.15, 0.2) is 51.2 Å². The Morgan fingerprint density at radius 3 is 2.82 bits per heavy atom. The minimum Gasteiger partial charge on any atom is -0.431 e. The van der Waals surface area contributed by atoms with E-state index >= 15 is 0 Å². The van der Waals surface area contributed by atoms with Crippen LogP contribution in [0, 0.1) is 0 Å². The summed E-state index contributed by atoms with van der Waals surface area (Å²) in [6.07, 6.45) is 1.60. The number of hydrogen-bond acceptors (Lipinski definition) is 6. The van der Waals surface area contributed by atoms with Crippen molar-refractivity contribution < 1.29 is 4.42 Å². The van der Waals surface area contributed by atoms with Crippen LogP contribution in [-0.4, -0.2) is 15.0 Å². The molecule has 0 aliphatic rings. The van der Waals surface area contributed by atoms with Crippen molar-refractivity contribution in [1.29, 1.82) is 0 Å². The van der Waals surface area contributed by atoms with E-state index < -0.39 is 0 Å². The van der Waals surface area contributed by atoms with Gasteiger partial charge < -0.3 is 10.2 Å². The molecule has 0 aliphatic heterocycles. The van der Waals surface area contributed by atoms with Crippen LogP contribution in [0.3, 0.4) is 0 Å². The maximum absolute atomic E-state index is 5.56. The number of oxazole rings is 1. The Morgan fingerprint density at radius 2 is 2.00 bits per heavy atom. The van der Waals surface area contributed by atoms with Gasteiger partial charge in [0.05, 0.1) is 0 Å². The third-order valence-corrected chi connectivity index (χ3v) is 2.90. The first-order valence-corrected chi connectivity index (χ1v) is 5.75. The van der Waals surface area contributed by atoms with Crippen molar-refractivity contribution >= 4 is 28.8 Å². The normalized spacial score (nSPS) is 10.8. The number of nitrogen functional groups attached to an aromatic ring is 1. The highest BCUT2D eigenvalue weighted by atomic mass is 32.2. The van der Waals surface area contributed by atoms with Crippen LogP contribution in [0.1, 0.15) is 0 Å². The standard InChI is InChI=1S/C11H8N4OS/c12-10-13-6-5-9(15-10)17-11-14-7-3-1-2-4-8(7)16-11/h1-6H,(H2,12,13,15). The number of hydrogen-bond donors (Lipinski definition) is 1. The van der Waals surface area contributed by atoms with Gasteiger partial charge >= 0.3 is 0 Å². The number of nitrogens with two attached hydrogens (primary N) is 1. The molecule has 2 heterocycles. The van der Waals surface area contributed by atoms with Gasteiger partial charge in [0.25, 0.3) is 5.22 Å². The number of aromatic nitrogens is 3. The number of nitrogens with zero attached hydrogens (tertiary/aromatic N) is 3. The van der Waals surface area contributed by atoms with Crippen molar-refractivity contribution in [2.45, 2.75) is 10.2 Å². The van der Waals surface area contributed by atoms with E-state index in [9.17, 15) is 0 Å². The molecule has 84 valence electrons. The van der Waals surface area contributed by atoms with Gasteiger partial charge in [0.1, 0.15) is 10.5 Å². The van der Waals surface area contributed by atoms with Gasteiger partial charge in [-0.1, -0.05) is 12.1 Å². The Bertz CT molecular complexity index is 634. The molecule has 3 rings (SSSR count). The molecule has 3 aromatic rings. The molecule has 1 aromatic carbocycles. The van der Waals surface area contributed by atoms with Gasteiger partial charge in [-0.05, 0) is 30.0 Å². The lowest BCUT2D eigenvalue weighted by molar-refractivity contribution is 0.489. The average molecular weight is 244 g/mol. The zero-order valence-corrected chi connectivity index (χ0v) is 9.52. The predicted octanol–water partition coefficient (Wildman–Crippen LogP) is 2.35. The number of fused-ring (bicyclic) bond motifs is 1. The third kappa shape index (κ3) is 2.07. The fraction of sp³-hybridized carbons (Fsp3) is 0. The molecule has 2 aromatic heterocycles. The van der Waals surface area contributed by atoms with E-state index in [-0.39, 0.29) is 5.95 Å². The van der Waals surface area contributed by atoms with Gasteiger partial charge in [-0.15, -0.1) is 0 Å². The Hall–Kier alpha value is -2.08. The SMILES string of the molecule is Nc1nccc(Sc2nc3ccccc3o2)n1. The molecule has 17 heavy (non-hydrogen) atoms. The van der Waals surface area contributed by atoms with E-state index in [1.165, 1.54) is 11.8 Å². The largest absolute Gasteiger partial charge is 0.431 e. The van der Waals surface area contributed by atoms with E-state index in [2.05, 4.69) is 15.0 Å². The van der Waals surface area contributed by atoms with Crippen molar-refractivity contribution in [3.8, 4) is 0 Å². The summed E-state index contributed by atoms with van der Waals surface area (Å²) in [5.74, 6) is 0.242. The van der Waals surface area contributed by atoms with Crippen LogP contribution in [0.4, 0.5) is 5.95 Å². The molecule has 0 fully saturated rings. The lowest BCUT2D eigenvalue weighted by atomic mass is 10.3. The molecule has 0 saturated carbocycles. The zero-order valence-electron chi connectivity index (χ0n) is 8.70. The van der Waals surface area contributed by atoms with Crippen LogP contribution in [0.5, 0.6) is 0 Å².